The third-order valence-corrected chi connectivity index (χ3v) is 5.14. The van der Waals surface area contributed by atoms with Gasteiger partial charge in [-0.05, 0) is 37.3 Å². The molecule has 0 spiro atoms. The van der Waals surface area contributed by atoms with Gasteiger partial charge in [-0.2, -0.15) is 0 Å². The number of carbonyl (C=O) groups is 1. The fraction of sp³-hybridized carbons (Fsp3) is 0.333. The summed E-state index contributed by atoms with van der Waals surface area (Å²) < 4.78 is 0. The van der Waals surface area contributed by atoms with Gasteiger partial charge in [-0.15, -0.1) is 0 Å². The summed E-state index contributed by atoms with van der Waals surface area (Å²) in [4.78, 5) is 20.1. The fourth-order valence-electron chi connectivity index (χ4n) is 3.06. The predicted molar refractivity (Wildman–Crippen MR) is 102 cm³/mol. The number of nitrogens with one attached hydrogen (secondary N) is 2. The van der Waals surface area contributed by atoms with Crippen LogP contribution in [0.25, 0.3) is 0 Å². The van der Waals surface area contributed by atoms with Crippen LogP contribution in [-0.4, -0.2) is 43.1 Å². The summed E-state index contributed by atoms with van der Waals surface area (Å²) >= 11 is 12.1. The van der Waals surface area contributed by atoms with Crippen molar-refractivity contribution in [2.45, 2.75) is 13.0 Å². The molecule has 0 unspecified atom stereocenters. The van der Waals surface area contributed by atoms with Gasteiger partial charge < -0.3 is 15.1 Å². The summed E-state index contributed by atoms with van der Waals surface area (Å²) in [6, 6.07) is 11.2. The number of piperazine rings is 1. The van der Waals surface area contributed by atoms with Gasteiger partial charge >= 0.3 is 0 Å². The van der Waals surface area contributed by atoms with Crippen molar-refractivity contribution >= 4 is 40.5 Å². The SMILES string of the molecule is C[C@@H](C(=O)Nc1cccnc1Cl)[NH+]1CCN(c2cccc(Cl)c2)CC1. The molecular weight excluding hydrogens is 359 g/mol. The van der Waals surface area contributed by atoms with Gasteiger partial charge in [-0.1, -0.05) is 29.3 Å². The Morgan fingerprint density at radius 1 is 1.24 bits per heavy atom. The Bertz CT molecular complexity index is 747. The third-order valence-electron chi connectivity index (χ3n) is 4.60. The van der Waals surface area contributed by atoms with Crippen LogP contribution in [-0.2, 0) is 4.79 Å². The molecule has 1 saturated heterocycles. The molecule has 1 amide bonds. The smallest absolute Gasteiger partial charge is 0.282 e. The van der Waals surface area contributed by atoms with Crippen molar-refractivity contribution in [2.75, 3.05) is 36.4 Å². The second-order valence-corrected chi connectivity index (χ2v) is 6.97. The normalized spacial score (nSPS) is 16.5. The Kier molecular flexibility index (Phi) is 5.78. The number of quaternary nitrogens is 1. The number of amides is 1. The highest BCUT2D eigenvalue weighted by atomic mass is 35.5. The summed E-state index contributed by atoms with van der Waals surface area (Å²) in [6.07, 6.45) is 1.60. The lowest BCUT2D eigenvalue weighted by atomic mass is 10.2. The molecule has 1 aromatic heterocycles. The summed E-state index contributed by atoms with van der Waals surface area (Å²) in [7, 11) is 0. The highest BCUT2D eigenvalue weighted by molar-refractivity contribution is 6.32. The van der Waals surface area contributed by atoms with Crippen LogP contribution in [0.15, 0.2) is 42.6 Å². The second kappa shape index (κ2) is 8.04. The van der Waals surface area contributed by atoms with E-state index >= 15 is 0 Å². The van der Waals surface area contributed by atoms with Crippen molar-refractivity contribution in [3.8, 4) is 0 Å². The van der Waals surface area contributed by atoms with Crippen LogP contribution in [0.1, 0.15) is 6.92 Å². The Labute approximate surface area is 157 Å². The van der Waals surface area contributed by atoms with E-state index in [0.29, 0.717) is 10.8 Å². The predicted octanol–water partition coefficient (Wildman–Crippen LogP) is 2.12. The topological polar surface area (TPSA) is 49.7 Å². The Hall–Kier alpha value is -1.82. The molecule has 1 aromatic carbocycles. The van der Waals surface area contributed by atoms with Gasteiger partial charge in [-0.25, -0.2) is 4.98 Å². The molecule has 3 rings (SSSR count). The molecule has 2 heterocycles. The molecule has 1 aliphatic heterocycles. The number of benzene rings is 1. The van der Waals surface area contributed by atoms with E-state index in [-0.39, 0.29) is 11.9 Å². The largest absolute Gasteiger partial charge is 0.360 e. The first kappa shape index (κ1) is 18.0. The van der Waals surface area contributed by atoms with Crippen LogP contribution in [0.5, 0.6) is 0 Å². The minimum absolute atomic E-state index is 0.0406. The molecule has 1 atom stereocenters. The van der Waals surface area contributed by atoms with E-state index < -0.39 is 0 Å². The molecule has 1 aliphatic rings. The van der Waals surface area contributed by atoms with Gasteiger partial charge in [0.1, 0.15) is 0 Å². The van der Waals surface area contributed by atoms with Gasteiger partial charge in [0, 0.05) is 16.9 Å². The molecule has 0 saturated carbocycles. The number of nitrogens with zero attached hydrogens (tertiary/aromatic N) is 2. The second-order valence-electron chi connectivity index (χ2n) is 6.18. The number of aromatic nitrogens is 1. The minimum atomic E-state index is -0.155. The van der Waals surface area contributed by atoms with Crippen molar-refractivity contribution in [3.05, 3.63) is 52.8 Å². The lowest BCUT2D eigenvalue weighted by Gasteiger charge is -2.36. The standard InChI is InChI=1S/C18H20Cl2N4O/c1-13(18(25)22-16-6-3-7-21-17(16)20)23-8-10-24(11-9-23)15-5-2-4-14(19)12-15/h2-7,12-13H,8-11H2,1H3,(H,22,25)/p+1/t13-/m0/s1. The highest BCUT2D eigenvalue weighted by Gasteiger charge is 2.29. The summed E-state index contributed by atoms with van der Waals surface area (Å²) in [5.41, 5.74) is 1.68. The van der Waals surface area contributed by atoms with Crippen molar-refractivity contribution in [2.24, 2.45) is 0 Å². The van der Waals surface area contributed by atoms with Gasteiger partial charge in [0.2, 0.25) is 0 Å². The zero-order valence-corrected chi connectivity index (χ0v) is 15.5. The molecular formula is C18H21Cl2N4O+. The zero-order valence-electron chi connectivity index (χ0n) is 14.0. The molecule has 0 radical (unpaired) electrons. The van der Waals surface area contributed by atoms with Crippen molar-refractivity contribution in [1.82, 2.24) is 4.98 Å². The molecule has 2 aromatic rings. The molecule has 2 N–H and O–H groups in total. The lowest BCUT2D eigenvalue weighted by Crippen LogP contribution is -3.19. The number of hydrogen-bond donors (Lipinski definition) is 2. The van der Waals surface area contributed by atoms with E-state index in [1.807, 2.05) is 25.1 Å². The summed E-state index contributed by atoms with van der Waals surface area (Å²) in [5, 5.41) is 3.93. The van der Waals surface area contributed by atoms with E-state index in [4.69, 9.17) is 23.2 Å². The number of anilines is 2. The average Bonchev–Trinajstić information content (AvgIpc) is 2.63. The molecule has 132 valence electrons. The number of halogens is 2. The van der Waals surface area contributed by atoms with Crippen LogP contribution in [0.3, 0.4) is 0 Å². The Balaban J connectivity index is 1.57. The van der Waals surface area contributed by atoms with E-state index in [2.05, 4.69) is 21.3 Å². The van der Waals surface area contributed by atoms with E-state index in [1.54, 1.807) is 18.3 Å². The van der Waals surface area contributed by atoms with Crippen LogP contribution in [0.4, 0.5) is 11.4 Å². The summed E-state index contributed by atoms with van der Waals surface area (Å²) in [5.74, 6) is -0.0406. The molecule has 0 bridgehead atoms. The third kappa shape index (κ3) is 4.42. The van der Waals surface area contributed by atoms with Gasteiger partial charge in [0.05, 0.1) is 31.9 Å². The fourth-order valence-corrected chi connectivity index (χ4v) is 3.41. The van der Waals surface area contributed by atoms with Crippen molar-refractivity contribution in [3.63, 3.8) is 0 Å². The first-order chi connectivity index (χ1) is 12.0. The molecule has 5 nitrogen and oxygen atoms in total. The number of carbonyl (C=O) groups excluding carboxylic acids is 1. The Morgan fingerprint density at radius 3 is 2.68 bits per heavy atom. The van der Waals surface area contributed by atoms with Crippen molar-refractivity contribution < 1.29 is 9.69 Å². The molecule has 25 heavy (non-hydrogen) atoms. The number of rotatable bonds is 4. The Morgan fingerprint density at radius 2 is 2.00 bits per heavy atom. The zero-order chi connectivity index (χ0) is 17.8. The number of hydrogen-bond acceptors (Lipinski definition) is 3. The summed E-state index contributed by atoms with van der Waals surface area (Å²) in [6.45, 7) is 5.51. The van der Waals surface area contributed by atoms with E-state index in [9.17, 15) is 4.79 Å². The number of pyridine rings is 1. The van der Waals surface area contributed by atoms with Crippen LogP contribution in [0.2, 0.25) is 10.2 Å². The molecule has 7 heteroatoms. The molecule has 1 fully saturated rings. The molecule has 0 aliphatic carbocycles. The maximum absolute atomic E-state index is 12.5. The monoisotopic (exact) mass is 379 g/mol. The maximum atomic E-state index is 12.5. The van der Waals surface area contributed by atoms with Gasteiger partial charge in [-0.3, -0.25) is 4.79 Å². The first-order valence-corrected chi connectivity index (χ1v) is 9.06. The van der Waals surface area contributed by atoms with Crippen LogP contribution >= 0.6 is 23.2 Å². The minimum Gasteiger partial charge on any atom is -0.360 e. The maximum Gasteiger partial charge on any atom is 0.282 e. The average molecular weight is 380 g/mol. The first-order valence-electron chi connectivity index (χ1n) is 8.31. The van der Waals surface area contributed by atoms with E-state index in [0.717, 1.165) is 36.9 Å². The lowest BCUT2D eigenvalue weighted by molar-refractivity contribution is -0.914. The quantitative estimate of drug-likeness (QED) is 0.799. The van der Waals surface area contributed by atoms with Crippen LogP contribution < -0.4 is 15.1 Å². The van der Waals surface area contributed by atoms with E-state index in [1.165, 1.54) is 4.90 Å². The highest BCUT2D eigenvalue weighted by Crippen LogP contribution is 2.19. The van der Waals surface area contributed by atoms with Crippen LogP contribution in [0, 0.1) is 0 Å². The van der Waals surface area contributed by atoms with Gasteiger partial charge in [0.15, 0.2) is 11.2 Å². The van der Waals surface area contributed by atoms with Gasteiger partial charge in [0.25, 0.3) is 5.91 Å². The van der Waals surface area contributed by atoms with Crippen molar-refractivity contribution in [1.29, 1.82) is 0 Å².